The van der Waals surface area contributed by atoms with Crippen molar-refractivity contribution in [2.24, 2.45) is 0 Å². The van der Waals surface area contributed by atoms with Crippen molar-refractivity contribution in [3.8, 4) is 0 Å². The van der Waals surface area contributed by atoms with Crippen molar-refractivity contribution in [2.75, 3.05) is 15.9 Å². The Labute approximate surface area is 166 Å². The Morgan fingerprint density at radius 3 is 2.36 bits per heavy atom. The highest BCUT2D eigenvalue weighted by atomic mass is 127. The molecule has 0 aliphatic carbocycles. The van der Waals surface area contributed by atoms with E-state index < -0.39 is 22.0 Å². The molecule has 0 aliphatic heterocycles. The molecule has 5 nitrogen and oxygen atoms in total. The van der Waals surface area contributed by atoms with Crippen molar-refractivity contribution >= 4 is 61.5 Å². The molecule has 25 heavy (non-hydrogen) atoms. The van der Waals surface area contributed by atoms with E-state index in [1.807, 2.05) is 12.1 Å². The van der Waals surface area contributed by atoms with Crippen LogP contribution < -0.4 is 9.62 Å². The zero-order valence-corrected chi connectivity index (χ0v) is 17.7. The van der Waals surface area contributed by atoms with Crippen LogP contribution in [-0.2, 0) is 14.8 Å². The molecule has 0 heterocycles. The predicted molar refractivity (Wildman–Crippen MR) is 111 cm³/mol. The Balaban J connectivity index is 2.36. The Kier molecular flexibility index (Phi) is 6.34. The van der Waals surface area contributed by atoms with Crippen LogP contribution in [0.3, 0.4) is 0 Å². The number of halogens is 2. The first-order valence-electron chi connectivity index (χ1n) is 7.41. The molecule has 1 N–H and O–H groups in total. The van der Waals surface area contributed by atoms with Crippen LogP contribution in [0.25, 0.3) is 0 Å². The van der Waals surface area contributed by atoms with Gasteiger partial charge < -0.3 is 5.32 Å². The highest BCUT2D eigenvalue weighted by Gasteiger charge is 2.30. The smallest absolute Gasteiger partial charge is 0.247 e. The molecule has 0 fully saturated rings. The number of carbonyl (C=O) groups is 1. The van der Waals surface area contributed by atoms with E-state index in [1.165, 1.54) is 0 Å². The Morgan fingerprint density at radius 2 is 1.80 bits per heavy atom. The summed E-state index contributed by atoms with van der Waals surface area (Å²) < 4.78 is 26.8. The molecule has 1 atom stereocenters. The second-order valence-corrected chi connectivity index (χ2v) is 9.20. The fraction of sp³-hybridized carbons (Fsp3) is 0.235. The molecule has 0 spiro atoms. The van der Waals surface area contributed by atoms with Gasteiger partial charge in [-0.05, 0) is 78.4 Å². The summed E-state index contributed by atoms with van der Waals surface area (Å²) in [5, 5.41) is 3.15. The molecule has 0 aromatic heterocycles. The minimum atomic E-state index is -3.69. The van der Waals surface area contributed by atoms with Crippen molar-refractivity contribution in [1.29, 1.82) is 0 Å². The van der Waals surface area contributed by atoms with Gasteiger partial charge in [-0.3, -0.25) is 9.10 Å². The Morgan fingerprint density at radius 1 is 1.20 bits per heavy atom. The number of nitrogens with zero attached hydrogens (tertiary/aromatic N) is 1. The fourth-order valence-electron chi connectivity index (χ4n) is 2.38. The SMILES string of the molecule is Cc1ccc(Cl)cc1N([C@H](C)C(=O)Nc1ccc(I)cc1)S(C)(=O)=O. The standard InChI is InChI=1S/C17H18ClIN2O3S/c1-11-4-5-13(18)10-16(11)21(25(3,23)24)12(2)17(22)20-15-8-6-14(19)7-9-15/h4-10,12H,1-3H3,(H,20,22)/t12-/m1/s1. The lowest BCUT2D eigenvalue weighted by Gasteiger charge is -2.29. The molecule has 134 valence electrons. The summed E-state index contributed by atoms with van der Waals surface area (Å²) in [6.07, 6.45) is 1.07. The molecule has 1 amide bonds. The van der Waals surface area contributed by atoms with Crippen molar-refractivity contribution in [2.45, 2.75) is 19.9 Å². The normalized spacial score (nSPS) is 12.5. The quantitative estimate of drug-likeness (QED) is 0.641. The number of carbonyl (C=O) groups excluding carboxylic acids is 1. The van der Waals surface area contributed by atoms with E-state index in [-0.39, 0.29) is 0 Å². The van der Waals surface area contributed by atoms with Gasteiger partial charge in [0.2, 0.25) is 15.9 Å². The molecule has 0 bridgehead atoms. The van der Waals surface area contributed by atoms with E-state index in [0.717, 1.165) is 14.1 Å². The fourth-order valence-corrected chi connectivity index (χ4v) is 4.13. The number of rotatable bonds is 5. The number of nitrogens with one attached hydrogen (secondary N) is 1. The highest BCUT2D eigenvalue weighted by Crippen LogP contribution is 2.28. The predicted octanol–water partition coefficient (Wildman–Crippen LogP) is 4.05. The van der Waals surface area contributed by atoms with E-state index in [4.69, 9.17) is 11.6 Å². The van der Waals surface area contributed by atoms with Gasteiger partial charge in [-0.25, -0.2) is 8.42 Å². The van der Waals surface area contributed by atoms with Crippen LogP contribution in [-0.4, -0.2) is 26.6 Å². The first kappa shape index (κ1) is 20.0. The van der Waals surface area contributed by atoms with Crippen molar-refractivity contribution in [3.05, 3.63) is 56.6 Å². The molecular weight excluding hydrogens is 475 g/mol. The second kappa shape index (κ2) is 7.92. The number of hydrogen-bond acceptors (Lipinski definition) is 3. The zero-order chi connectivity index (χ0) is 18.8. The molecule has 0 radical (unpaired) electrons. The average Bonchev–Trinajstić information content (AvgIpc) is 2.51. The maximum absolute atomic E-state index is 12.6. The third-order valence-corrected chi connectivity index (χ3v) is 5.79. The summed E-state index contributed by atoms with van der Waals surface area (Å²) in [5.74, 6) is -0.425. The number of sulfonamides is 1. The highest BCUT2D eigenvalue weighted by molar-refractivity contribution is 14.1. The van der Waals surface area contributed by atoms with Gasteiger partial charge in [-0.1, -0.05) is 17.7 Å². The first-order chi connectivity index (χ1) is 11.6. The molecule has 8 heteroatoms. The summed E-state index contributed by atoms with van der Waals surface area (Å²) in [5.41, 5.74) is 1.71. The Bertz CT molecular complexity index is 885. The summed E-state index contributed by atoms with van der Waals surface area (Å²) >= 11 is 8.18. The lowest BCUT2D eigenvalue weighted by atomic mass is 10.1. The van der Waals surface area contributed by atoms with Crippen LogP contribution in [0.1, 0.15) is 12.5 Å². The van der Waals surface area contributed by atoms with E-state index in [2.05, 4.69) is 27.9 Å². The second-order valence-electron chi connectivity index (χ2n) is 5.66. The van der Waals surface area contributed by atoms with Gasteiger partial charge in [0.05, 0.1) is 11.9 Å². The van der Waals surface area contributed by atoms with Crippen LogP contribution in [0.4, 0.5) is 11.4 Å². The molecule has 2 aromatic rings. The van der Waals surface area contributed by atoms with Crippen LogP contribution in [0.2, 0.25) is 5.02 Å². The summed E-state index contributed by atoms with van der Waals surface area (Å²) in [7, 11) is -3.69. The van der Waals surface area contributed by atoms with Gasteiger partial charge in [0, 0.05) is 14.3 Å². The number of anilines is 2. The molecule has 2 rings (SSSR count). The number of hydrogen-bond donors (Lipinski definition) is 1. The molecule has 0 saturated carbocycles. The van der Waals surface area contributed by atoms with Crippen molar-refractivity contribution < 1.29 is 13.2 Å². The van der Waals surface area contributed by atoms with Gasteiger partial charge in [0.25, 0.3) is 0 Å². The molecule has 2 aromatic carbocycles. The molecule has 0 aliphatic rings. The maximum atomic E-state index is 12.6. The molecule has 0 unspecified atom stereocenters. The van der Waals surface area contributed by atoms with Gasteiger partial charge in [-0.15, -0.1) is 0 Å². The number of amides is 1. The number of aryl methyl sites for hydroxylation is 1. The van der Waals surface area contributed by atoms with Crippen LogP contribution >= 0.6 is 34.2 Å². The number of benzene rings is 2. The van der Waals surface area contributed by atoms with Crippen LogP contribution in [0.5, 0.6) is 0 Å². The van der Waals surface area contributed by atoms with Crippen LogP contribution in [0, 0.1) is 10.5 Å². The van der Waals surface area contributed by atoms with Gasteiger partial charge >= 0.3 is 0 Å². The van der Waals surface area contributed by atoms with Crippen LogP contribution in [0.15, 0.2) is 42.5 Å². The third-order valence-electron chi connectivity index (χ3n) is 3.61. The van der Waals surface area contributed by atoms with E-state index in [9.17, 15) is 13.2 Å². The van der Waals surface area contributed by atoms with E-state index in [1.54, 1.807) is 44.2 Å². The Hall–Kier alpha value is -1.32. The van der Waals surface area contributed by atoms with Crippen molar-refractivity contribution in [1.82, 2.24) is 0 Å². The first-order valence-corrected chi connectivity index (χ1v) is 10.7. The van der Waals surface area contributed by atoms with Gasteiger partial charge in [-0.2, -0.15) is 0 Å². The monoisotopic (exact) mass is 492 g/mol. The van der Waals surface area contributed by atoms with E-state index in [0.29, 0.717) is 22.0 Å². The summed E-state index contributed by atoms with van der Waals surface area (Å²) in [4.78, 5) is 12.6. The van der Waals surface area contributed by atoms with Crippen molar-refractivity contribution in [3.63, 3.8) is 0 Å². The maximum Gasteiger partial charge on any atom is 0.247 e. The van der Waals surface area contributed by atoms with Gasteiger partial charge in [0.15, 0.2) is 0 Å². The zero-order valence-electron chi connectivity index (χ0n) is 14.0. The molecule has 0 saturated heterocycles. The van der Waals surface area contributed by atoms with E-state index >= 15 is 0 Å². The average molecular weight is 493 g/mol. The lowest BCUT2D eigenvalue weighted by molar-refractivity contribution is -0.116. The molecular formula is C17H18ClIN2O3S. The topological polar surface area (TPSA) is 66.5 Å². The minimum Gasteiger partial charge on any atom is -0.324 e. The van der Waals surface area contributed by atoms with Gasteiger partial charge in [0.1, 0.15) is 6.04 Å². The minimum absolute atomic E-state index is 0.389. The largest absolute Gasteiger partial charge is 0.324 e. The lowest BCUT2D eigenvalue weighted by Crippen LogP contribution is -2.45. The third kappa shape index (κ3) is 5.08. The summed E-state index contributed by atoms with van der Waals surface area (Å²) in [6.45, 7) is 3.32. The summed E-state index contributed by atoms with van der Waals surface area (Å²) in [6, 6.07) is 11.3.